The van der Waals surface area contributed by atoms with Crippen molar-refractivity contribution < 1.29 is 28.4 Å². The fourth-order valence-electron chi connectivity index (χ4n) is 5.36. The van der Waals surface area contributed by atoms with Crippen molar-refractivity contribution in [2.75, 3.05) is 20.8 Å². The molecule has 0 saturated carbocycles. The summed E-state index contributed by atoms with van der Waals surface area (Å²) in [5.41, 5.74) is 1.88. The molecule has 4 atom stereocenters. The van der Waals surface area contributed by atoms with Gasteiger partial charge in [0.2, 0.25) is 0 Å². The number of rotatable bonds is 9. The van der Waals surface area contributed by atoms with Gasteiger partial charge in [-0.05, 0) is 41.0 Å². The molecule has 0 bridgehead atoms. The van der Waals surface area contributed by atoms with E-state index in [2.05, 4.69) is 15.0 Å². The lowest BCUT2D eigenvalue weighted by molar-refractivity contribution is -0.0935. The smallest absolute Gasteiger partial charge is 0.173 e. The molecule has 0 radical (unpaired) electrons. The Morgan fingerprint density at radius 1 is 0.881 bits per heavy atom. The van der Waals surface area contributed by atoms with E-state index < -0.39 is 30.2 Å². The normalized spacial score (nSPS) is 20.6. The van der Waals surface area contributed by atoms with Crippen LogP contribution in [0.15, 0.2) is 91.5 Å². The largest absolute Gasteiger partial charge is 0.497 e. The van der Waals surface area contributed by atoms with E-state index in [1.54, 1.807) is 14.2 Å². The minimum atomic E-state index is -1.78. The number of alkyl halides is 1. The summed E-state index contributed by atoms with van der Waals surface area (Å²) < 4.78 is 40.7. The number of benzene rings is 3. The summed E-state index contributed by atoms with van der Waals surface area (Å²) in [6.07, 6.45) is -2.83. The number of fused-ring (bicyclic) bond motifs is 1. The highest BCUT2D eigenvalue weighted by Gasteiger charge is 2.48. The molecule has 3 aromatic carbocycles. The van der Waals surface area contributed by atoms with Gasteiger partial charge in [-0.15, -0.1) is 0 Å². The second kappa shape index (κ2) is 11.7. The number of methoxy groups -OCH3 is 2. The first-order valence-corrected chi connectivity index (χ1v) is 13.6. The lowest BCUT2D eigenvalue weighted by Gasteiger charge is -2.37. The van der Waals surface area contributed by atoms with Gasteiger partial charge in [0.1, 0.15) is 41.2 Å². The Bertz CT molecular complexity index is 1600. The van der Waals surface area contributed by atoms with Crippen LogP contribution in [0.4, 0.5) is 4.39 Å². The van der Waals surface area contributed by atoms with Gasteiger partial charge in [-0.2, -0.15) is 0 Å². The second-order valence-electron chi connectivity index (χ2n) is 9.80. The van der Waals surface area contributed by atoms with Crippen LogP contribution in [0.3, 0.4) is 0 Å². The van der Waals surface area contributed by atoms with E-state index >= 15 is 4.39 Å². The summed E-state index contributed by atoms with van der Waals surface area (Å²) >= 11 is 6.14. The second-order valence-corrected chi connectivity index (χ2v) is 10.2. The fourth-order valence-corrected chi connectivity index (χ4v) is 5.53. The van der Waals surface area contributed by atoms with E-state index in [0.717, 1.165) is 16.7 Å². The average molecular weight is 591 g/mol. The van der Waals surface area contributed by atoms with Gasteiger partial charge in [-0.1, -0.05) is 66.2 Å². The average Bonchev–Trinajstić information content (AvgIpc) is 3.59. The predicted octanol–water partition coefficient (Wildman–Crippen LogP) is 5.10. The van der Waals surface area contributed by atoms with E-state index in [1.165, 1.54) is 17.2 Å². The Labute approximate surface area is 246 Å². The highest BCUT2D eigenvalue weighted by Crippen LogP contribution is 2.43. The SMILES string of the molecule is COc1ccc(C(OC[C@H]2O[C@@H](n3cnc4c(Cl)ncnc43)C(F)C2O)(c2ccccc2)c2ccc(OC)cc2)cc1. The molecule has 216 valence electrons. The molecule has 3 heterocycles. The van der Waals surface area contributed by atoms with Crippen LogP contribution in [0.25, 0.3) is 11.2 Å². The minimum absolute atomic E-state index is 0.138. The number of hydrogen-bond acceptors (Lipinski definition) is 8. The molecule has 9 nitrogen and oxygen atoms in total. The molecule has 6 rings (SSSR count). The van der Waals surface area contributed by atoms with Crippen molar-refractivity contribution in [2.45, 2.75) is 30.2 Å². The Balaban J connectivity index is 1.39. The van der Waals surface area contributed by atoms with Gasteiger partial charge in [-0.3, -0.25) is 4.57 Å². The van der Waals surface area contributed by atoms with Crippen LogP contribution in [0, 0.1) is 0 Å². The van der Waals surface area contributed by atoms with E-state index in [0.29, 0.717) is 22.7 Å². The number of imidazole rings is 1. The Kier molecular flexibility index (Phi) is 7.78. The number of halogens is 2. The third kappa shape index (κ3) is 4.86. The van der Waals surface area contributed by atoms with E-state index in [-0.39, 0.29) is 11.8 Å². The van der Waals surface area contributed by atoms with Gasteiger partial charge in [-0.25, -0.2) is 19.3 Å². The molecule has 1 aliphatic heterocycles. The number of aromatic nitrogens is 4. The molecule has 42 heavy (non-hydrogen) atoms. The van der Waals surface area contributed by atoms with E-state index in [4.69, 9.17) is 30.5 Å². The topological polar surface area (TPSA) is 101 Å². The summed E-state index contributed by atoms with van der Waals surface area (Å²) in [4.78, 5) is 12.3. The molecule has 1 saturated heterocycles. The van der Waals surface area contributed by atoms with E-state index in [1.807, 2.05) is 78.9 Å². The van der Waals surface area contributed by atoms with Crippen molar-refractivity contribution in [3.63, 3.8) is 0 Å². The molecule has 0 aliphatic carbocycles. The standard InChI is InChI=1S/C31H28ClFN4O5/c1-39-22-12-8-20(9-13-22)31(19-6-4-3-5-7-19,21-10-14-23(40-2)15-11-21)41-16-24-27(38)25(33)30(42-24)37-18-36-26-28(32)34-17-35-29(26)37/h3-15,17-18,24-25,27,30,38H,16H2,1-2H3/t24-,25?,27?,30-/m1/s1. The molecular weight excluding hydrogens is 563 g/mol. The van der Waals surface area contributed by atoms with Gasteiger partial charge in [0, 0.05) is 0 Å². The van der Waals surface area contributed by atoms with Gasteiger partial charge in [0.05, 0.1) is 27.2 Å². The van der Waals surface area contributed by atoms with Gasteiger partial charge < -0.3 is 24.1 Å². The maximum atomic E-state index is 15.6. The first-order valence-electron chi connectivity index (χ1n) is 13.3. The quantitative estimate of drug-likeness (QED) is 0.187. The molecule has 11 heteroatoms. The van der Waals surface area contributed by atoms with Crippen molar-refractivity contribution in [3.05, 3.63) is 113 Å². The highest BCUT2D eigenvalue weighted by molar-refractivity contribution is 6.33. The van der Waals surface area contributed by atoms with Crippen LogP contribution >= 0.6 is 11.6 Å². The molecule has 1 N–H and O–H groups in total. The number of hydrogen-bond donors (Lipinski definition) is 1. The first-order chi connectivity index (χ1) is 20.5. The third-order valence-electron chi connectivity index (χ3n) is 7.52. The van der Waals surface area contributed by atoms with Crippen molar-refractivity contribution in [2.24, 2.45) is 0 Å². The summed E-state index contributed by atoms with van der Waals surface area (Å²) in [6.45, 7) is -0.145. The Morgan fingerprint density at radius 3 is 2.07 bits per heavy atom. The van der Waals surface area contributed by atoms with Crippen molar-refractivity contribution in [1.29, 1.82) is 0 Å². The maximum Gasteiger partial charge on any atom is 0.173 e. The van der Waals surface area contributed by atoms with Crippen LogP contribution in [0.5, 0.6) is 11.5 Å². The summed E-state index contributed by atoms with van der Waals surface area (Å²) in [5, 5.41) is 11.1. The zero-order chi connectivity index (χ0) is 29.3. The lowest BCUT2D eigenvalue weighted by atomic mass is 9.80. The first kappa shape index (κ1) is 28.0. The number of nitrogens with zero attached hydrogens (tertiary/aromatic N) is 4. The number of ether oxygens (including phenoxy) is 4. The molecule has 1 fully saturated rings. The third-order valence-corrected chi connectivity index (χ3v) is 7.80. The van der Waals surface area contributed by atoms with Gasteiger partial charge in [0.25, 0.3) is 0 Å². The zero-order valence-corrected chi connectivity index (χ0v) is 23.6. The number of aliphatic hydroxyl groups is 1. The molecule has 1 aliphatic rings. The van der Waals surface area contributed by atoms with Crippen LogP contribution in [0.1, 0.15) is 22.9 Å². The van der Waals surface area contributed by atoms with Crippen LogP contribution in [0.2, 0.25) is 5.15 Å². The zero-order valence-electron chi connectivity index (χ0n) is 22.8. The molecular formula is C31H28ClFN4O5. The Morgan fingerprint density at radius 2 is 1.48 bits per heavy atom. The van der Waals surface area contributed by atoms with E-state index in [9.17, 15) is 5.11 Å². The molecule has 2 aromatic heterocycles. The molecule has 5 aromatic rings. The van der Waals surface area contributed by atoms with Crippen LogP contribution in [-0.4, -0.2) is 63.8 Å². The van der Waals surface area contributed by atoms with Crippen molar-refractivity contribution in [1.82, 2.24) is 19.5 Å². The monoisotopic (exact) mass is 590 g/mol. The van der Waals surface area contributed by atoms with Gasteiger partial charge in [0.15, 0.2) is 23.2 Å². The predicted molar refractivity (Wildman–Crippen MR) is 153 cm³/mol. The summed E-state index contributed by atoms with van der Waals surface area (Å²) in [7, 11) is 3.21. The summed E-state index contributed by atoms with van der Waals surface area (Å²) in [6, 6.07) is 24.8. The lowest BCUT2D eigenvalue weighted by Crippen LogP contribution is -2.39. The fraction of sp³-hybridized carbons (Fsp3) is 0.258. The maximum absolute atomic E-state index is 15.6. The molecule has 0 spiro atoms. The highest BCUT2D eigenvalue weighted by atomic mass is 35.5. The van der Waals surface area contributed by atoms with Crippen molar-refractivity contribution in [3.8, 4) is 11.5 Å². The summed E-state index contributed by atoms with van der Waals surface area (Å²) in [5.74, 6) is 1.37. The Hall–Kier alpha value is -4.09. The number of aliphatic hydroxyl groups excluding tert-OH is 1. The molecule has 0 amide bonds. The van der Waals surface area contributed by atoms with Gasteiger partial charge >= 0.3 is 0 Å². The van der Waals surface area contributed by atoms with Crippen molar-refractivity contribution >= 4 is 22.8 Å². The minimum Gasteiger partial charge on any atom is -0.497 e. The van der Waals surface area contributed by atoms with Crippen LogP contribution < -0.4 is 9.47 Å². The molecule has 2 unspecified atom stereocenters. The van der Waals surface area contributed by atoms with Crippen LogP contribution in [-0.2, 0) is 15.1 Å².